The highest BCUT2D eigenvalue weighted by Crippen LogP contribution is 2.20. The Labute approximate surface area is 127 Å². The van der Waals surface area contributed by atoms with Crippen molar-refractivity contribution in [1.29, 1.82) is 0 Å². The molecule has 114 valence electrons. The Bertz CT molecular complexity index is 708. The zero-order valence-corrected chi connectivity index (χ0v) is 13.4. The molecule has 0 bridgehead atoms. The molecule has 1 atom stereocenters. The van der Waals surface area contributed by atoms with Crippen LogP contribution in [0, 0.1) is 5.92 Å². The molecule has 2 rings (SSSR count). The van der Waals surface area contributed by atoms with Gasteiger partial charge in [0, 0.05) is 6.04 Å². The Morgan fingerprint density at radius 1 is 1.05 bits per heavy atom. The monoisotopic (exact) mass is 305 g/mol. The van der Waals surface area contributed by atoms with E-state index >= 15 is 0 Å². The molecule has 0 saturated carbocycles. The smallest absolute Gasteiger partial charge is 0.152 e. The number of hydrogen-bond donors (Lipinski definition) is 1. The molecule has 0 aliphatic heterocycles. The van der Waals surface area contributed by atoms with E-state index in [1.54, 1.807) is 0 Å². The summed E-state index contributed by atoms with van der Waals surface area (Å²) in [6, 6.07) is 13.4. The number of fused-ring (bicyclic) bond motifs is 1. The first-order valence-corrected chi connectivity index (χ1v) is 9.14. The molecule has 0 aromatic heterocycles. The van der Waals surface area contributed by atoms with Gasteiger partial charge in [0.05, 0.1) is 11.5 Å². The number of nitrogens with two attached hydrogens (primary N) is 1. The van der Waals surface area contributed by atoms with Crippen LogP contribution in [0.5, 0.6) is 0 Å². The van der Waals surface area contributed by atoms with Crippen molar-refractivity contribution in [1.82, 2.24) is 0 Å². The highest BCUT2D eigenvalue weighted by Gasteiger charge is 2.18. The fourth-order valence-electron chi connectivity index (χ4n) is 2.31. The van der Waals surface area contributed by atoms with Crippen LogP contribution in [0.25, 0.3) is 10.8 Å². The van der Waals surface area contributed by atoms with Gasteiger partial charge >= 0.3 is 0 Å². The maximum Gasteiger partial charge on any atom is 0.152 e. The maximum atomic E-state index is 12.1. The number of rotatable bonds is 6. The summed E-state index contributed by atoms with van der Waals surface area (Å²) in [5.74, 6) is 0.612. The van der Waals surface area contributed by atoms with Crippen molar-refractivity contribution in [2.24, 2.45) is 11.7 Å². The first-order chi connectivity index (χ1) is 9.87. The second-order valence-electron chi connectivity index (χ2n) is 6.01. The zero-order chi connectivity index (χ0) is 15.5. The molecule has 0 spiro atoms. The van der Waals surface area contributed by atoms with Gasteiger partial charge in [-0.3, -0.25) is 0 Å². The van der Waals surface area contributed by atoms with Crippen molar-refractivity contribution in [3.05, 3.63) is 48.0 Å². The summed E-state index contributed by atoms with van der Waals surface area (Å²) >= 11 is 0. The normalized spacial score (nSPS) is 13.7. The van der Waals surface area contributed by atoms with Crippen molar-refractivity contribution in [2.75, 3.05) is 11.5 Å². The lowest BCUT2D eigenvalue weighted by Crippen LogP contribution is -2.24. The minimum atomic E-state index is -3.10. The highest BCUT2D eigenvalue weighted by atomic mass is 32.2. The Hall–Kier alpha value is -1.39. The van der Waals surface area contributed by atoms with Crippen molar-refractivity contribution < 1.29 is 8.42 Å². The van der Waals surface area contributed by atoms with Crippen molar-refractivity contribution in [3.8, 4) is 0 Å². The third kappa shape index (κ3) is 4.55. The molecule has 0 fully saturated rings. The quantitative estimate of drug-likeness (QED) is 0.890. The molecular weight excluding hydrogens is 282 g/mol. The minimum Gasteiger partial charge on any atom is -0.323 e. The number of sulfone groups is 1. The van der Waals surface area contributed by atoms with Crippen LogP contribution in [0.15, 0.2) is 42.5 Å². The average Bonchev–Trinajstić information content (AvgIpc) is 2.44. The molecule has 0 radical (unpaired) electrons. The van der Waals surface area contributed by atoms with Gasteiger partial charge in [0.15, 0.2) is 9.84 Å². The summed E-state index contributed by atoms with van der Waals surface area (Å²) in [7, 11) is -3.10. The van der Waals surface area contributed by atoms with E-state index < -0.39 is 15.9 Å². The number of hydrogen-bond acceptors (Lipinski definition) is 3. The van der Waals surface area contributed by atoms with Gasteiger partial charge in [-0.25, -0.2) is 8.42 Å². The zero-order valence-electron chi connectivity index (χ0n) is 12.6. The number of benzene rings is 2. The van der Waals surface area contributed by atoms with Crippen LogP contribution < -0.4 is 5.73 Å². The third-order valence-corrected chi connectivity index (χ3v) is 5.37. The van der Waals surface area contributed by atoms with E-state index in [1.807, 2.05) is 56.3 Å². The topological polar surface area (TPSA) is 60.2 Å². The van der Waals surface area contributed by atoms with Crippen LogP contribution in [0.2, 0.25) is 0 Å². The lowest BCUT2D eigenvalue weighted by Gasteiger charge is -2.14. The van der Waals surface area contributed by atoms with E-state index in [9.17, 15) is 8.42 Å². The Kier molecular flexibility index (Phi) is 5.01. The van der Waals surface area contributed by atoms with E-state index in [2.05, 4.69) is 0 Å². The SMILES string of the molecule is CC(C)CCS(=O)(=O)CC(N)c1ccc2ccccc2c1. The van der Waals surface area contributed by atoms with Crippen LogP contribution in [0.3, 0.4) is 0 Å². The lowest BCUT2D eigenvalue weighted by molar-refractivity contribution is 0.568. The van der Waals surface area contributed by atoms with E-state index in [4.69, 9.17) is 5.73 Å². The third-order valence-electron chi connectivity index (χ3n) is 3.64. The molecule has 21 heavy (non-hydrogen) atoms. The van der Waals surface area contributed by atoms with Crippen molar-refractivity contribution in [2.45, 2.75) is 26.3 Å². The second-order valence-corrected chi connectivity index (χ2v) is 8.24. The molecule has 0 saturated heterocycles. The Balaban J connectivity index is 2.12. The Morgan fingerprint density at radius 2 is 1.71 bits per heavy atom. The van der Waals surface area contributed by atoms with E-state index in [0.29, 0.717) is 12.3 Å². The fourth-order valence-corrected chi connectivity index (χ4v) is 4.04. The van der Waals surface area contributed by atoms with Gasteiger partial charge in [-0.2, -0.15) is 0 Å². The molecule has 2 aromatic carbocycles. The first-order valence-electron chi connectivity index (χ1n) is 7.32. The minimum absolute atomic E-state index is 0.0120. The maximum absolute atomic E-state index is 12.1. The van der Waals surface area contributed by atoms with E-state index in [1.165, 1.54) is 0 Å². The van der Waals surface area contributed by atoms with Gasteiger partial charge in [-0.05, 0) is 34.7 Å². The molecule has 2 N–H and O–H groups in total. The molecule has 1 unspecified atom stereocenters. The summed E-state index contributed by atoms with van der Waals surface area (Å²) in [4.78, 5) is 0. The molecular formula is C17H23NO2S. The van der Waals surface area contributed by atoms with Gasteiger partial charge in [0.2, 0.25) is 0 Å². The molecule has 4 heteroatoms. The van der Waals surface area contributed by atoms with Gasteiger partial charge < -0.3 is 5.73 Å². The van der Waals surface area contributed by atoms with Crippen molar-refractivity contribution in [3.63, 3.8) is 0 Å². The van der Waals surface area contributed by atoms with Crippen LogP contribution in [0.4, 0.5) is 0 Å². The summed E-state index contributed by atoms with van der Waals surface area (Å²) in [6.07, 6.45) is 0.687. The molecule has 0 aliphatic rings. The molecule has 0 heterocycles. The molecule has 0 amide bonds. The largest absolute Gasteiger partial charge is 0.323 e. The summed E-state index contributed by atoms with van der Waals surface area (Å²) in [5.41, 5.74) is 6.98. The summed E-state index contributed by atoms with van der Waals surface area (Å²) in [6.45, 7) is 4.05. The summed E-state index contributed by atoms with van der Waals surface area (Å²) in [5, 5.41) is 2.22. The van der Waals surface area contributed by atoms with Gasteiger partial charge in [0.1, 0.15) is 0 Å². The Morgan fingerprint density at radius 3 is 2.38 bits per heavy atom. The lowest BCUT2D eigenvalue weighted by atomic mass is 10.0. The van der Waals surface area contributed by atoms with Gasteiger partial charge in [-0.1, -0.05) is 50.2 Å². The predicted octanol–water partition coefficient (Wildman–Crippen LogP) is 3.30. The molecule has 0 aliphatic carbocycles. The first kappa shape index (κ1) is 16.0. The van der Waals surface area contributed by atoms with Crippen LogP contribution >= 0.6 is 0 Å². The predicted molar refractivity (Wildman–Crippen MR) is 89.0 cm³/mol. The highest BCUT2D eigenvalue weighted by molar-refractivity contribution is 7.91. The van der Waals surface area contributed by atoms with Crippen LogP contribution in [-0.2, 0) is 9.84 Å². The standard InChI is InChI=1S/C17H23NO2S/c1-13(2)9-10-21(19,20)12-17(18)16-8-7-14-5-3-4-6-15(14)11-16/h3-8,11,13,17H,9-10,12,18H2,1-2H3. The second kappa shape index (κ2) is 6.58. The average molecular weight is 305 g/mol. The molecule has 3 nitrogen and oxygen atoms in total. The van der Waals surface area contributed by atoms with Gasteiger partial charge in [0.25, 0.3) is 0 Å². The van der Waals surface area contributed by atoms with E-state index in [0.717, 1.165) is 16.3 Å². The van der Waals surface area contributed by atoms with Gasteiger partial charge in [-0.15, -0.1) is 0 Å². The molecule has 2 aromatic rings. The fraction of sp³-hybridized carbons (Fsp3) is 0.412. The summed E-state index contributed by atoms with van der Waals surface area (Å²) < 4.78 is 24.2. The van der Waals surface area contributed by atoms with Crippen LogP contribution in [0.1, 0.15) is 31.9 Å². The van der Waals surface area contributed by atoms with Crippen LogP contribution in [-0.4, -0.2) is 19.9 Å². The van der Waals surface area contributed by atoms with Crippen molar-refractivity contribution >= 4 is 20.6 Å². The van der Waals surface area contributed by atoms with E-state index in [-0.39, 0.29) is 11.5 Å².